The molecule has 0 radical (unpaired) electrons. The van der Waals surface area contributed by atoms with Gasteiger partial charge in [0.25, 0.3) is 11.8 Å². The summed E-state index contributed by atoms with van der Waals surface area (Å²) in [5.74, 6) is -7.38. The zero-order valence-corrected chi connectivity index (χ0v) is 36.8. The highest BCUT2D eigenvalue weighted by Crippen LogP contribution is 2.64. The number of thiophene rings is 1. The van der Waals surface area contributed by atoms with Crippen LogP contribution in [0.3, 0.4) is 0 Å². The summed E-state index contributed by atoms with van der Waals surface area (Å²) in [5.41, 5.74) is -0.102. The molecule has 5 aromatic rings. The molecule has 4 aliphatic rings. The number of anilines is 2. The van der Waals surface area contributed by atoms with Crippen molar-refractivity contribution in [3.05, 3.63) is 91.5 Å². The minimum Gasteiger partial charge on any atom is -0.503 e. The number of imide groups is 2. The number of phenols is 1. The number of aryl methyl sites for hydroxylation is 2. The molecular formula is C42H34BrCl2F3N6O6S. The lowest BCUT2D eigenvalue weighted by molar-refractivity contribution is -0.141. The van der Waals surface area contributed by atoms with E-state index in [0.29, 0.717) is 27.9 Å². The van der Waals surface area contributed by atoms with Gasteiger partial charge in [-0.2, -0.15) is 23.3 Å². The number of hydrogen-bond acceptors (Lipinski definition) is 10. The number of rotatable bonds is 6. The molecule has 19 heteroatoms. The van der Waals surface area contributed by atoms with E-state index < -0.39 is 76.3 Å². The first-order valence-corrected chi connectivity index (χ1v) is 21.4. The average Bonchev–Trinajstić information content (AvgIpc) is 3.88. The molecule has 2 aliphatic carbocycles. The second kappa shape index (κ2) is 14.3. The summed E-state index contributed by atoms with van der Waals surface area (Å²) in [6, 6.07) is 12.2. The van der Waals surface area contributed by atoms with E-state index in [-0.39, 0.29) is 39.7 Å². The van der Waals surface area contributed by atoms with Crippen LogP contribution in [-0.4, -0.2) is 62.7 Å². The van der Waals surface area contributed by atoms with Crippen LogP contribution in [0.25, 0.3) is 20.7 Å². The molecule has 1 N–H and O–H groups in total. The zero-order chi connectivity index (χ0) is 43.8. The fourth-order valence-electron chi connectivity index (χ4n) is 9.94. The smallest absolute Gasteiger partial charge is 0.433 e. The number of aromatic hydroxyl groups is 1. The number of hydrazine groups is 1. The van der Waals surface area contributed by atoms with E-state index in [9.17, 15) is 27.9 Å². The Kier molecular flexibility index (Phi) is 9.69. The Morgan fingerprint density at radius 3 is 2.48 bits per heavy atom. The minimum absolute atomic E-state index is 0.00249. The zero-order valence-electron chi connectivity index (χ0n) is 32.8. The molecule has 0 bridgehead atoms. The van der Waals surface area contributed by atoms with Crippen LogP contribution < -0.4 is 14.6 Å². The monoisotopic (exact) mass is 956 g/mol. The molecule has 9 rings (SSSR count). The predicted octanol–water partition coefficient (Wildman–Crippen LogP) is 9.09. The molecule has 1 saturated carbocycles. The third-order valence-corrected chi connectivity index (χ3v) is 15.2. The van der Waals surface area contributed by atoms with Gasteiger partial charge in [0.2, 0.25) is 11.8 Å². The number of nitrogens with zero attached hydrogens (tertiary/aromatic N) is 6. The van der Waals surface area contributed by atoms with Crippen LogP contribution in [-0.2, 0) is 32.4 Å². The Morgan fingerprint density at radius 1 is 1.03 bits per heavy atom. The first-order valence-electron chi connectivity index (χ1n) is 19.0. The molecule has 5 heterocycles. The number of carbonyl (C=O) groups excluding carboxylic acids is 4. The Labute approximate surface area is 368 Å². The van der Waals surface area contributed by atoms with Crippen molar-refractivity contribution in [1.82, 2.24) is 19.8 Å². The number of carbonyl (C=O) groups is 4. The summed E-state index contributed by atoms with van der Waals surface area (Å²) < 4.78 is 49.4. The average molecular weight is 959 g/mol. The van der Waals surface area contributed by atoms with E-state index in [0.717, 1.165) is 41.5 Å². The van der Waals surface area contributed by atoms with Crippen LogP contribution >= 0.6 is 50.5 Å². The van der Waals surface area contributed by atoms with E-state index in [1.165, 1.54) is 30.2 Å². The topological polar surface area (TPSA) is 138 Å². The molecule has 12 nitrogen and oxygen atoms in total. The molecule has 2 aliphatic heterocycles. The summed E-state index contributed by atoms with van der Waals surface area (Å²) >= 11 is 17.6. The molecule has 2 aromatic carbocycles. The number of halogens is 6. The molecule has 3 aromatic heterocycles. The van der Waals surface area contributed by atoms with Crippen molar-refractivity contribution < 1.29 is 42.2 Å². The fourth-order valence-corrected chi connectivity index (χ4v) is 11.9. The predicted molar refractivity (Wildman–Crippen MR) is 225 cm³/mol. The Bertz CT molecular complexity index is 2810. The number of aromatic nitrogens is 3. The number of methoxy groups -OCH3 is 1. The van der Waals surface area contributed by atoms with Crippen molar-refractivity contribution in [2.24, 2.45) is 36.1 Å². The molecule has 0 unspecified atom stereocenters. The lowest BCUT2D eigenvalue weighted by Crippen LogP contribution is -2.49. The number of hydrogen-bond donors (Lipinski definition) is 1. The number of fused-ring (bicyclic) bond motifs is 5. The molecular weight excluding hydrogens is 924 g/mol. The molecule has 0 spiro atoms. The number of phenolic OH excluding ortho intramolecular Hbond substituents is 1. The highest BCUT2D eigenvalue weighted by Gasteiger charge is 2.68. The second-order valence-corrected chi connectivity index (χ2v) is 18.7. The molecule has 316 valence electrons. The quantitative estimate of drug-likeness (QED) is 0.131. The number of alkyl halides is 3. The lowest BCUT2D eigenvalue weighted by atomic mass is 9.51. The maximum Gasteiger partial charge on any atom is 0.433 e. The maximum atomic E-state index is 15.2. The van der Waals surface area contributed by atoms with Crippen LogP contribution in [0.5, 0.6) is 11.5 Å². The van der Waals surface area contributed by atoms with Gasteiger partial charge < -0.3 is 9.84 Å². The fraction of sp³-hybridized carbons (Fsp3) is 0.333. The van der Waals surface area contributed by atoms with Gasteiger partial charge >= 0.3 is 6.18 Å². The maximum absolute atomic E-state index is 15.2. The van der Waals surface area contributed by atoms with Gasteiger partial charge in [-0.05, 0) is 108 Å². The van der Waals surface area contributed by atoms with Gasteiger partial charge in [0.15, 0.2) is 17.3 Å². The van der Waals surface area contributed by atoms with Gasteiger partial charge in [0, 0.05) is 35.8 Å². The van der Waals surface area contributed by atoms with E-state index in [4.69, 9.17) is 33.0 Å². The summed E-state index contributed by atoms with van der Waals surface area (Å²) in [6.07, 6.45) is -2.95. The Hall–Kier alpha value is -4.97. The van der Waals surface area contributed by atoms with E-state index >= 15 is 9.59 Å². The van der Waals surface area contributed by atoms with Gasteiger partial charge in [-0.15, -0.1) is 11.3 Å². The van der Waals surface area contributed by atoms with E-state index in [1.54, 1.807) is 38.2 Å². The van der Waals surface area contributed by atoms with Gasteiger partial charge in [-0.1, -0.05) is 34.9 Å². The first-order chi connectivity index (χ1) is 28.8. The van der Waals surface area contributed by atoms with Gasteiger partial charge in [0.1, 0.15) is 17.2 Å². The number of pyridine rings is 1. The minimum atomic E-state index is -4.83. The third-order valence-electron chi connectivity index (χ3n) is 12.8. The van der Waals surface area contributed by atoms with Gasteiger partial charge in [-0.25, -0.2) is 9.88 Å². The first kappa shape index (κ1) is 41.4. The molecule has 61 heavy (non-hydrogen) atoms. The SMILES string of the molecule is COc1cc([C@H]2C3=CC[C@@H]4C(=O)N(N(C)c5nc(C(F)(F)F)ccc5Cl)C(=O)[C@@H]4[C@@H]3C[C@H]3C(=O)N(c4cc(-c5sc6ccc(Cl)cc6c5C)nn4C)C(=O)[C@@]23C)cc(Br)c1O. The van der Waals surface area contributed by atoms with Crippen molar-refractivity contribution in [3.63, 3.8) is 0 Å². The van der Waals surface area contributed by atoms with Gasteiger partial charge in [0.05, 0.1) is 44.7 Å². The second-order valence-electron chi connectivity index (χ2n) is 15.9. The normalized spacial score (nSPS) is 25.0. The largest absolute Gasteiger partial charge is 0.503 e. The Morgan fingerprint density at radius 2 is 1.77 bits per heavy atom. The van der Waals surface area contributed by atoms with E-state index in [2.05, 4.69) is 20.9 Å². The van der Waals surface area contributed by atoms with Crippen LogP contribution in [0.4, 0.5) is 24.8 Å². The highest BCUT2D eigenvalue weighted by molar-refractivity contribution is 9.10. The number of amides is 4. The van der Waals surface area contributed by atoms with Crippen molar-refractivity contribution in [1.29, 1.82) is 0 Å². The third kappa shape index (κ3) is 6.04. The van der Waals surface area contributed by atoms with Crippen LogP contribution in [0.2, 0.25) is 10.0 Å². The molecule has 2 saturated heterocycles. The molecule has 6 atom stereocenters. The van der Waals surface area contributed by atoms with Gasteiger partial charge in [-0.3, -0.25) is 28.9 Å². The summed E-state index contributed by atoms with van der Waals surface area (Å²) in [5, 5.41) is 18.6. The Balaban J connectivity index is 1.14. The number of benzene rings is 2. The van der Waals surface area contributed by atoms with Crippen molar-refractivity contribution in [2.75, 3.05) is 24.1 Å². The van der Waals surface area contributed by atoms with Crippen LogP contribution in [0.15, 0.2) is 64.7 Å². The highest BCUT2D eigenvalue weighted by atomic mass is 79.9. The van der Waals surface area contributed by atoms with Crippen LogP contribution in [0, 0.1) is 36.0 Å². The summed E-state index contributed by atoms with van der Waals surface area (Å²) in [7, 11) is 4.27. The van der Waals surface area contributed by atoms with Crippen molar-refractivity contribution in [2.45, 2.75) is 38.8 Å². The van der Waals surface area contributed by atoms with Crippen molar-refractivity contribution in [3.8, 4) is 22.1 Å². The lowest BCUT2D eigenvalue weighted by Gasteiger charge is -2.49. The van der Waals surface area contributed by atoms with Crippen molar-refractivity contribution >= 4 is 95.8 Å². The molecule has 4 amide bonds. The summed E-state index contributed by atoms with van der Waals surface area (Å²) in [4.78, 5) is 64.8. The van der Waals surface area contributed by atoms with Crippen LogP contribution in [0.1, 0.15) is 42.5 Å². The molecule has 3 fully saturated rings. The number of ether oxygens (including phenoxy) is 1. The number of allylic oxidation sites excluding steroid dienone is 2. The standard InChI is InChI=1S/C42H34BrCl2F3N6O6S/c1-17-22-14-19(44)6-10-29(22)61-35(17)27-16-31(51(3)50-27)53-38(57)24-15-23-20(33(41(24,2)40(53)59)18-12-25(43)34(55)28(13-18)60-5)7-8-21-32(23)39(58)54(37(21)56)52(4)36-26(45)9-11-30(49-36)42(46,47)48/h6-7,9-14,16,21,23-24,32-33,55H,8,15H2,1-5H3/t21-,23+,24-,32-,33-,41+/m0/s1. The van der Waals surface area contributed by atoms with E-state index in [1.807, 2.05) is 25.1 Å². The summed E-state index contributed by atoms with van der Waals surface area (Å²) in [6.45, 7) is 3.68.